The summed E-state index contributed by atoms with van der Waals surface area (Å²) < 4.78 is 28.7. The van der Waals surface area contributed by atoms with Gasteiger partial charge in [0.05, 0.1) is 19.0 Å². The minimum Gasteiger partial charge on any atom is -0.393 e. The molecule has 1 aliphatic rings. The number of nitrogens with one attached hydrogen (secondary N) is 1. The highest BCUT2D eigenvalue weighted by Gasteiger charge is 2.57. The zero-order valence-electron chi connectivity index (χ0n) is 9.68. The molecule has 7 nitrogen and oxygen atoms in total. The molecule has 1 fully saturated rings. The van der Waals surface area contributed by atoms with Crippen molar-refractivity contribution in [3.05, 3.63) is 16.7 Å². The summed E-state index contributed by atoms with van der Waals surface area (Å²) in [5.74, 6) is -0.123. The van der Waals surface area contributed by atoms with Crippen LogP contribution in [-0.4, -0.2) is 43.1 Å². The molecule has 1 saturated carbocycles. The Bertz CT molecular complexity index is 699. The summed E-state index contributed by atoms with van der Waals surface area (Å²) in [5.41, 5.74) is 2.75. The van der Waals surface area contributed by atoms with E-state index in [4.69, 9.17) is 10.8 Å². The van der Waals surface area contributed by atoms with Gasteiger partial charge in [-0.2, -0.15) is 4.98 Å². The van der Waals surface area contributed by atoms with Crippen LogP contribution >= 0.6 is 0 Å². The van der Waals surface area contributed by atoms with E-state index in [9.17, 15) is 13.6 Å². The first-order valence-corrected chi connectivity index (χ1v) is 5.62. The number of fused-ring (bicyclic) bond motifs is 1. The Labute approximate surface area is 105 Å². The number of aromatic amines is 1. The van der Waals surface area contributed by atoms with Crippen molar-refractivity contribution in [2.24, 2.45) is 0 Å². The molecule has 2 heterocycles. The first kappa shape index (κ1) is 12.0. The zero-order valence-corrected chi connectivity index (χ0v) is 9.68. The van der Waals surface area contributed by atoms with Gasteiger partial charge in [0.15, 0.2) is 23.0 Å². The van der Waals surface area contributed by atoms with Crippen molar-refractivity contribution in [2.45, 2.75) is 24.3 Å². The van der Waals surface area contributed by atoms with Gasteiger partial charge in [-0.05, 0) is 0 Å². The van der Waals surface area contributed by atoms with E-state index in [1.165, 1.54) is 10.9 Å². The number of nitrogens with two attached hydrogens (primary N) is 1. The van der Waals surface area contributed by atoms with E-state index in [2.05, 4.69) is 15.0 Å². The molecule has 0 saturated heterocycles. The summed E-state index contributed by atoms with van der Waals surface area (Å²) in [6.07, 6.45) is -0.859. The van der Waals surface area contributed by atoms with Crippen molar-refractivity contribution in [1.82, 2.24) is 19.5 Å². The highest BCUT2D eigenvalue weighted by molar-refractivity contribution is 5.70. The molecule has 3 atom stereocenters. The average Bonchev–Trinajstić information content (AvgIpc) is 2.78. The fraction of sp³-hybridized carbons (Fsp3) is 0.500. The van der Waals surface area contributed by atoms with Crippen molar-refractivity contribution in [3.8, 4) is 0 Å². The zero-order chi connectivity index (χ0) is 13.8. The summed E-state index contributed by atoms with van der Waals surface area (Å²) in [6, 6.07) is -0.851. The number of aliphatic hydroxyl groups is 1. The number of imidazole rings is 1. The molecule has 0 spiro atoms. The van der Waals surface area contributed by atoms with Gasteiger partial charge in [0.1, 0.15) is 0 Å². The summed E-state index contributed by atoms with van der Waals surface area (Å²) in [6.45, 7) is -0.882. The van der Waals surface area contributed by atoms with Crippen LogP contribution in [0.2, 0.25) is 0 Å². The van der Waals surface area contributed by atoms with Crippen LogP contribution in [0.1, 0.15) is 12.5 Å². The predicted octanol–water partition coefficient (Wildman–Crippen LogP) is -0.315. The molecule has 0 aliphatic heterocycles. The van der Waals surface area contributed by atoms with Crippen LogP contribution < -0.4 is 11.3 Å². The van der Waals surface area contributed by atoms with Gasteiger partial charge < -0.3 is 15.4 Å². The Morgan fingerprint density at radius 2 is 2.42 bits per heavy atom. The molecule has 0 aromatic carbocycles. The number of nitrogen functional groups attached to an aromatic ring is 1. The smallest absolute Gasteiger partial charge is 0.280 e. The van der Waals surface area contributed by atoms with Crippen molar-refractivity contribution < 1.29 is 13.9 Å². The third kappa shape index (κ3) is 1.54. The lowest BCUT2D eigenvalue weighted by Gasteiger charge is -2.44. The summed E-state index contributed by atoms with van der Waals surface area (Å²) in [5, 5.41) is 8.80. The minimum absolute atomic E-state index is 0.0155. The van der Waals surface area contributed by atoms with Crippen LogP contribution in [0.5, 0.6) is 0 Å². The number of aliphatic hydroxyl groups excluding tert-OH is 1. The molecule has 4 N–H and O–H groups in total. The minimum atomic E-state index is -2.24. The lowest BCUT2D eigenvalue weighted by molar-refractivity contribution is -0.111. The number of aromatic nitrogens is 4. The molecule has 3 rings (SSSR count). The number of rotatable bonds is 2. The number of hydrogen-bond acceptors (Lipinski definition) is 5. The maximum atomic E-state index is 13.8. The number of halogens is 2. The van der Waals surface area contributed by atoms with Gasteiger partial charge in [-0.3, -0.25) is 9.78 Å². The summed E-state index contributed by atoms with van der Waals surface area (Å²) >= 11 is 0. The second-order valence-corrected chi connectivity index (χ2v) is 4.64. The average molecular weight is 271 g/mol. The van der Waals surface area contributed by atoms with Gasteiger partial charge >= 0.3 is 0 Å². The predicted molar refractivity (Wildman–Crippen MR) is 62.0 cm³/mol. The second-order valence-electron chi connectivity index (χ2n) is 4.64. The summed E-state index contributed by atoms with van der Waals surface area (Å²) in [4.78, 5) is 21.5. The van der Waals surface area contributed by atoms with Crippen molar-refractivity contribution >= 4 is 17.1 Å². The van der Waals surface area contributed by atoms with Crippen LogP contribution in [-0.2, 0) is 0 Å². The molecule has 1 aliphatic carbocycles. The van der Waals surface area contributed by atoms with Gasteiger partial charge in [-0.15, -0.1) is 0 Å². The largest absolute Gasteiger partial charge is 0.393 e. The maximum absolute atomic E-state index is 13.8. The van der Waals surface area contributed by atoms with E-state index in [-0.39, 0.29) is 23.5 Å². The first-order chi connectivity index (χ1) is 8.96. The topological polar surface area (TPSA) is 110 Å². The lowest BCUT2D eigenvalue weighted by atomic mass is 9.75. The molecule has 9 heteroatoms. The van der Waals surface area contributed by atoms with Crippen LogP contribution in [0.25, 0.3) is 11.2 Å². The van der Waals surface area contributed by atoms with Crippen LogP contribution in [0.3, 0.4) is 0 Å². The molecule has 0 radical (unpaired) electrons. The Morgan fingerprint density at radius 3 is 3.05 bits per heavy atom. The van der Waals surface area contributed by atoms with E-state index in [1.807, 2.05) is 0 Å². The van der Waals surface area contributed by atoms with Gasteiger partial charge in [0.25, 0.3) is 5.56 Å². The quantitative estimate of drug-likeness (QED) is 0.693. The highest BCUT2D eigenvalue weighted by atomic mass is 19.2. The number of H-pyrrole nitrogens is 1. The lowest BCUT2D eigenvalue weighted by Crippen LogP contribution is -2.55. The van der Waals surface area contributed by atoms with Crippen LogP contribution in [0.15, 0.2) is 11.1 Å². The monoisotopic (exact) mass is 271 g/mol. The van der Waals surface area contributed by atoms with Gasteiger partial charge in [-0.25, -0.2) is 13.8 Å². The Morgan fingerprint density at radius 1 is 1.68 bits per heavy atom. The van der Waals surface area contributed by atoms with Crippen molar-refractivity contribution in [1.29, 1.82) is 0 Å². The number of anilines is 1. The molecular weight excluding hydrogens is 260 g/mol. The van der Waals surface area contributed by atoms with Crippen molar-refractivity contribution in [2.75, 3.05) is 12.3 Å². The Hall–Kier alpha value is -2.03. The fourth-order valence-corrected chi connectivity index (χ4v) is 2.32. The standard InChI is InChI=1S/C10H11F2N5O2/c11-6-4(1-10(6,12)2-18)17-3-14-5-7(17)15-9(13)16-8(5)19/h3-4,6,18H,1-2H2,(H3,13,15,16,19)/t4-,6+,10+/m1/s1. The molecule has 0 bridgehead atoms. The van der Waals surface area contributed by atoms with Gasteiger partial charge in [0, 0.05) is 6.42 Å². The Balaban J connectivity index is 2.06. The van der Waals surface area contributed by atoms with E-state index >= 15 is 0 Å². The molecule has 2 aromatic rings. The third-order valence-corrected chi connectivity index (χ3v) is 3.45. The van der Waals surface area contributed by atoms with E-state index in [0.29, 0.717) is 0 Å². The third-order valence-electron chi connectivity index (χ3n) is 3.45. The molecule has 0 amide bonds. The Kier molecular flexibility index (Phi) is 2.36. The first-order valence-electron chi connectivity index (χ1n) is 5.62. The number of nitrogens with zero attached hydrogens (tertiary/aromatic N) is 3. The maximum Gasteiger partial charge on any atom is 0.280 e. The second kappa shape index (κ2) is 3.73. The fourth-order valence-electron chi connectivity index (χ4n) is 2.32. The molecular formula is C10H11F2N5O2. The summed E-state index contributed by atoms with van der Waals surface area (Å²) in [7, 11) is 0. The molecule has 2 aromatic heterocycles. The van der Waals surface area contributed by atoms with Gasteiger partial charge in [0.2, 0.25) is 5.95 Å². The van der Waals surface area contributed by atoms with E-state index in [1.54, 1.807) is 0 Å². The van der Waals surface area contributed by atoms with E-state index < -0.39 is 30.0 Å². The van der Waals surface area contributed by atoms with Crippen LogP contribution in [0, 0.1) is 0 Å². The number of alkyl halides is 2. The highest BCUT2D eigenvalue weighted by Crippen LogP contribution is 2.47. The van der Waals surface area contributed by atoms with Crippen LogP contribution in [0.4, 0.5) is 14.7 Å². The number of hydrogen-bond donors (Lipinski definition) is 3. The SMILES string of the molecule is Nc1nc2c(ncn2[C@@H]2C[C@](F)(CO)[C@H]2F)c(=O)[nH]1. The van der Waals surface area contributed by atoms with E-state index in [0.717, 1.165) is 0 Å². The molecule has 102 valence electrons. The normalized spacial score (nSPS) is 30.5. The van der Waals surface area contributed by atoms with Gasteiger partial charge in [-0.1, -0.05) is 0 Å². The molecule has 0 unspecified atom stereocenters. The molecule has 19 heavy (non-hydrogen) atoms. The van der Waals surface area contributed by atoms with Crippen molar-refractivity contribution in [3.63, 3.8) is 0 Å².